The van der Waals surface area contributed by atoms with Crippen LogP contribution in [0.2, 0.25) is 0 Å². The standard InChI is InChI=1S/C7H13NO3/c1-3-11-7(10)6(8)4-5(2)9/h6H,3-4,8H2,1-2H3/t6-/m1/s1. The van der Waals surface area contributed by atoms with E-state index in [4.69, 9.17) is 5.73 Å². The first-order valence-electron chi connectivity index (χ1n) is 3.49. The van der Waals surface area contributed by atoms with Crippen molar-refractivity contribution in [3.05, 3.63) is 0 Å². The average Bonchev–Trinajstić information content (AvgIpc) is 1.86. The van der Waals surface area contributed by atoms with Gasteiger partial charge < -0.3 is 10.5 Å². The molecule has 0 radical (unpaired) electrons. The van der Waals surface area contributed by atoms with Gasteiger partial charge in [-0.25, -0.2) is 0 Å². The van der Waals surface area contributed by atoms with Gasteiger partial charge in [-0.3, -0.25) is 9.59 Å². The van der Waals surface area contributed by atoms with Crippen molar-refractivity contribution >= 4 is 11.8 Å². The minimum absolute atomic E-state index is 0.0544. The zero-order valence-electron chi connectivity index (χ0n) is 6.79. The van der Waals surface area contributed by atoms with E-state index in [9.17, 15) is 9.59 Å². The van der Waals surface area contributed by atoms with Gasteiger partial charge in [0, 0.05) is 6.42 Å². The normalized spacial score (nSPS) is 12.3. The number of hydrogen-bond donors (Lipinski definition) is 1. The maximum Gasteiger partial charge on any atom is 0.323 e. The first kappa shape index (κ1) is 10.1. The lowest BCUT2D eigenvalue weighted by Gasteiger charge is -2.07. The Morgan fingerprint density at radius 2 is 2.09 bits per heavy atom. The maximum absolute atomic E-state index is 10.8. The summed E-state index contributed by atoms with van der Waals surface area (Å²) in [4.78, 5) is 21.3. The summed E-state index contributed by atoms with van der Waals surface area (Å²) >= 11 is 0. The van der Waals surface area contributed by atoms with Crippen LogP contribution in [0.25, 0.3) is 0 Å². The number of ether oxygens (including phenoxy) is 1. The number of esters is 1. The lowest BCUT2D eigenvalue weighted by Crippen LogP contribution is -2.33. The minimum Gasteiger partial charge on any atom is -0.465 e. The van der Waals surface area contributed by atoms with Crippen LogP contribution in [0.3, 0.4) is 0 Å². The molecule has 0 aromatic carbocycles. The third kappa shape index (κ3) is 4.50. The van der Waals surface area contributed by atoms with Crippen molar-refractivity contribution in [2.75, 3.05) is 6.61 Å². The van der Waals surface area contributed by atoms with Gasteiger partial charge in [-0.05, 0) is 13.8 Å². The molecule has 4 heteroatoms. The average molecular weight is 159 g/mol. The number of carbonyl (C=O) groups excluding carboxylic acids is 2. The molecule has 0 heterocycles. The van der Waals surface area contributed by atoms with E-state index in [1.165, 1.54) is 6.92 Å². The van der Waals surface area contributed by atoms with Crippen LogP contribution < -0.4 is 5.73 Å². The summed E-state index contributed by atoms with van der Waals surface area (Å²) < 4.78 is 4.59. The van der Waals surface area contributed by atoms with Gasteiger partial charge >= 0.3 is 5.97 Å². The highest BCUT2D eigenvalue weighted by atomic mass is 16.5. The van der Waals surface area contributed by atoms with E-state index in [2.05, 4.69) is 4.74 Å². The summed E-state index contributed by atoms with van der Waals surface area (Å²) in [5.74, 6) is -0.617. The summed E-state index contributed by atoms with van der Waals surface area (Å²) in [6, 6.07) is -0.799. The SMILES string of the molecule is CCOC(=O)[C@H](N)CC(C)=O. The first-order chi connectivity index (χ1) is 5.07. The number of hydrogen-bond acceptors (Lipinski definition) is 4. The first-order valence-corrected chi connectivity index (χ1v) is 3.49. The molecule has 1 atom stereocenters. The van der Waals surface area contributed by atoms with E-state index >= 15 is 0 Å². The fraction of sp³-hybridized carbons (Fsp3) is 0.714. The van der Waals surface area contributed by atoms with Crippen LogP contribution in [0.5, 0.6) is 0 Å². The molecule has 0 saturated heterocycles. The zero-order valence-corrected chi connectivity index (χ0v) is 6.79. The van der Waals surface area contributed by atoms with Crippen LogP contribution in [0.15, 0.2) is 0 Å². The van der Waals surface area contributed by atoms with Gasteiger partial charge in [0.05, 0.1) is 6.61 Å². The van der Waals surface area contributed by atoms with E-state index in [1.54, 1.807) is 6.92 Å². The predicted molar refractivity (Wildman–Crippen MR) is 39.9 cm³/mol. The second-order valence-electron chi connectivity index (χ2n) is 2.26. The fourth-order valence-corrected chi connectivity index (χ4v) is 0.642. The Labute approximate surface area is 65.7 Å². The van der Waals surface area contributed by atoms with Gasteiger partial charge in [0.15, 0.2) is 0 Å². The van der Waals surface area contributed by atoms with Crippen LogP contribution in [0.4, 0.5) is 0 Å². The Bertz CT molecular complexity index is 156. The lowest BCUT2D eigenvalue weighted by atomic mass is 10.2. The summed E-state index contributed by atoms with van der Waals surface area (Å²) in [6.45, 7) is 3.38. The van der Waals surface area contributed by atoms with Crippen LogP contribution in [0.1, 0.15) is 20.3 Å². The Hall–Kier alpha value is -0.900. The highest BCUT2D eigenvalue weighted by Gasteiger charge is 2.15. The van der Waals surface area contributed by atoms with E-state index < -0.39 is 12.0 Å². The Morgan fingerprint density at radius 3 is 2.45 bits per heavy atom. The molecule has 0 aliphatic heterocycles. The van der Waals surface area contributed by atoms with E-state index in [-0.39, 0.29) is 12.2 Å². The molecule has 2 N–H and O–H groups in total. The zero-order chi connectivity index (χ0) is 8.85. The molecule has 64 valence electrons. The molecule has 0 amide bonds. The summed E-state index contributed by atoms with van der Waals surface area (Å²) in [5, 5.41) is 0. The number of rotatable bonds is 4. The summed E-state index contributed by atoms with van der Waals surface area (Å²) in [6.07, 6.45) is 0.0544. The van der Waals surface area contributed by atoms with Crippen LogP contribution in [-0.2, 0) is 14.3 Å². The summed E-state index contributed by atoms with van der Waals surface area (Å²) in [5.41, 5.74) is 5.31. The molecule has 0 bridgehead atoms. The Kier molecular flexibility index (Phi) is 4.45. The van der Waals surface area contributed by atoms with Gasteiger partial charge in [0.1, 0.15) is 11.8 Å². The number of nitrogens with two attached hydrogens (primary N) is 1. The molecule has 0 unspecified atom stereocenters. The van der Waals surface area contributed by atoms with Crippen molar-refractivity contribution in [3.8, 4) is 0 Å². The van der Waals surface area contributed by atoms with Crippen molar-refractivity contribution in [1.82, 2.24) is 0 Å². The molecule has 0 aliphatic carbocycles. The van der Waals surface area contributed by atoms with E-state index in [0.717, 1.165) is 0 Å². The van der Waals surface area contributed by atoms with Crippen molar-refractivity contribution in [1.29, 1.82) is 0 Å². The Balaban J connectivity index is 3.73. The van der Waals surface area contributed by atoms with E-state index in [1.807, 2.05) is 0 Å². The number of carbonyl (C=O) groups is 2. The molecular weight excluding hydrogens is 146 g/mol. The molecule has 0 saturated carbocycles. The molecule has 0 fully saturated rings. The molecule has 0 aromatic heterocycles. The van der Waals surface area contributed by atoms with Crippen LogP contribution >= 0.6 is 0 Å². The fourth-order valence-electron chi connectivity index (χ4n) is 0.642. The van der Waals surface area contributed by atoms with Crippen molar-refractivity contribution in [3.63, 3.8) is 0 Å². The predicted octanol–water partition coefficient (Wildman–Crippen LogP) is -0.144. The third-order valence-electron chi connectivity index (χ3n) is 1.10. The largest absolute Gasteiger partial charge is 0.465 e. The minimum atomic E-state index is -0.799. The van der Waals surface area contributed by atoms with Crippen molar-refractivity contribution in [2.45, 2.75) is 26.3 Å². The van der Waals surface area contributed by atoms with Crippen LogP contribution in [-0.4, -0.2) is 24.4 Å². The Morgan fingerprint density at radius 1 is 1.55 bits per heavy atom. The quantitative estimate of drug-likeness (QED) is 0.579. The topological polar surface area (TPSA) is 69.4 Å². The van der Waals surface area contributed by atoms with Gasteiger partial charge in [0.25, 0.3) is 0 Å². The molecular formula is C7H13NO3. The van der Waals surface area contributed by atoms with Crippen molar-refractivity contribution < 1.29 is 14.3 Å². The highest BCUT2D eigenvalue weighted by Crippen LogP contribution is 1.92. The molecule has 0 aromatic rings. The van der Waals surface area contributed by atoms with Crippen LogP contribution in [0, 0.1) is 0 Å². The maximum atomic E-state index is 10.8. The molecule has 0 aliphatic rings. The van der Waals surface area contributed by atoms with Gasteiger partial charge in [-0.2, -0.15) is 0 Å². The smallest absolute Gasteiger partial charge is 0.323 e. The van der Waals surface area contributed by atoms with Gasteiger partial charge in [-0.15, -0.1) is 0 Å². The molecule has 0 spiro atoms. The number of ketones is 1. The molecule has 11 heavy (non-hydrogen) atoms. The third-order valence-corrected chi connectivity index (χ3v) is 1.10. The lowest BCUT2D eigenvalue weighted by molar-refractivity contribution is -0.145. The molecule has 0 rings (SSSR count). The van der Waals surface area contributed by atoms with Gasteiger partial charge in [0.2, 0.25) is 0 Å². The number of Topliss-reactive ketones (excluding diaryl/α,β-unsaturated/α-hetero) is 1. The monoisotopic (exact) mass is 159 g/mol. The highest BCUT2D eigenvalue weighted by molar-refractivity contribution is 5.84. The van der Waals surface area contributed by atoms with Crippen molar-refractivity contribution in [2.24, 2.45) is 5.73 Å². The second-order valence-corrected chi connectivity index (χ2v) is 2.26. The molecule has 4 nitrogen and oxygen atoms in total. The second kappa shape index (κ2) is 4.85. The summed E-state index contributed by atoms with van der Waals surface area (Å²) in [7, 11) is 0. The van der Waals surface area contributed by atoms with Gasteiger partial charge in [-0.1, -0.05) is 0 Å². The van der Waals surface area contributed by atoms with E-state index in [0.29, 0.717) is 6.61 Å².